The first-order valence-corrected chi connectivity index (χ1v) is 8.14. The van der Waals surface area contributed by atoms with Crippen molar-refractivity contribution in [3.63, 3.8) is 0 Å². The van der Waals surface area contributed by atoms with Crippen molar-refractivity contribution in [1.29, 1.82) is 0 Å². The maximum Gasteiger partial charge on any atom is 0.322 e. The molecule has 3 rings (SSSR count). The summed E-state index contributed by atoms with van der Waals surface area (Å²) in [7, 11) is 3.16. The van der Waals surface area contributed by atoms with Gasteiger partial charge in [0.2, 0.25) is 11.8 Å². The number of rotatable bonds is 3. The van der Waals surface area contributed by atoms with Crippen LogP contribution in [0.2, 0.25) is 0 Å². The highest BCUT2D eigenvalue weighted by molar-refractivity contribution is 5.98. The molecule has 25 heavy (non-hydrogen) atoms. The molecule has 0 radical (unpaired) electrons. The number of hydrogen-bond acceptors (Lipinski definition) is 5. The standard InChI is InChI=1S/C17H21N3O5/c1-24-13-7-10-5-6-20(9-11(10)8-14(13)25-2)16(22)12-3-4-15(21)19-17(23)18-12/h7-8,12H,3-6,9H2,1-2H3,(H2,18,19,21,23)/t12-/m1/s1. The first-order valence-electron chi connectivity index (χ1n) is 8.14. The number of methoxy groups -OCH3 is 2. The van der Waals surface area contributed by atoms with E-state index in [9.17, 15) is 14.4 Å². The highest BCUT2D eigenvalue weighted by Gasteiger charge is 2.31. The third kappa shape index (κ3) is 3.52. The van der Waals surface area contributed by atoms with Crippen LogP contribution < -0.4 is 20.1 Å². The Kier molecular flexibility index (Phi) is 4.78. The smallest absolute Gasteiger partial charge is 0.322 e. The van der Waals surface area contributed by atoms with Gasteiger partial charge in [-0.2, -0.15) is 0 Å². The van der Waals surface area contributed by atoms with Crippen molar-refractivity contribution in [2.24, 2.45) is 0 Å². The predicted molar refractivity (Wildman–Crippen MR) is 88.4 cm³/mol. The molecule has 8 heteroatoms. The first kappa shape index (κ1) is 17.1. The Balaban J connectivity index is 1.76. The van der Waals surface area contributed by atoms with E-state index in [0.29, 0.717) is 37.4 Å². The molecule has 134 valence electrons. The summed E-state index contributed by atoms with van der Waals surface area (Å²) in [5.41, 5.74) is 2.11. The van der Waals surface area contributed by atoms with Crippen LogP contribution in [0.1, 0.15) is 24.0 Å². The van der Waals surface area contributed by atoms with E-state index in [0.717, 1.165) is 11.1 Å². The summed E-state index contributed by atoms with van der Waals surface area (Å²) in [6.07, 6.45) is 1.13. The second-order valence-corrected chi connectivity index (χ2v) is 6.10. The zero-order valence-electron chi connectivity index (χ0n) is 14.3. The molecular formula is C17H21N3O5. The molecule has 1 aromatic carbocycles. The lowest BCUT2D eigenvalue weighted by Gasteiger charge is -2.32. The van der Waals surface area contributed by atoms with E-state index >= 15 is 0 Å². The van der Waals surface area contributed by atoms with Crippen LogP contribution in [0.25, 0.3) is 0 Å². The van der Waals surface area contributed by atoms with Crippen LogP contribution in [-0.2, 0) is 22.6 Å². The molecule has 0 saturated carbocycles. The largest absolute Gasteiger partial charge is 0.493 e. The van der Waals surface area contributed by atoms with Gasteiger partial charge in [-0.15, -0.1) is 0 Å². The molecule has 1 fully saturated rings. The van der Waals surface area contributed by atoms with Crippen LogP contribution in [0.5, 0.6) is 11.5 Å². The monoisotopic (exact) mass is 347 g/mol. The quantitative estimate of drug-likeness (QED) is 0.833. The van der Waals surface area contributed by atoms with Gasteiger partial charge in [0.05, 0.1) is 14.2 Å². The van der Waals surface area contributed by atoms with Gasteiger partial charge in [-0.25, -0.2) is 4.79 Å². The SMILES string of the molecule is COc1cc2c(cc1OC)CN(C(=O)[C@H]1CCC(=O)NC(=O)N1)CC2. The fraction of sp³-hybridized carbons (Fsp3) is 0.471. The van der Waals surface area contributed by atoms with Gasteiger partial charge in [-0.1, -0.05) is 0 Å². The number of hydrogen-bond donors (Lipinski definition) is 2. The van der Waals surface area contributed by atoms with E-state index in [1.807, 2.05) is 12.1 Å². The van der Waals surface area contributed by atoms with Gasteiger partial charge in [-0.05, 0) is 36.1 Å². The number of carbonyl (C=O) groups excluding carboxylic acids is 3. The Bertz CT molecular complexity index is 718. The fourth-order valence-electron chi connectivity index (χ4n) is 3.21. The molecule has 1 aromatic rings. The van der Waals surface area contributed by atoms with Crippen molar-refractivity contribution in [1.82, 2.24) is 15.5 Å². The molecule has 0 bridgehead atoms. The average Bonchev–Trinajstić information content (AvgIpc) is 2.79. The zero-order chi connectivity index (χ0) is 18.0. The lowest BCUT2D eigenvalue weighted by Crippen LogP contribution is -2.50. The second-order valence-electron chi connectivity index (χ2n) is 6.10. The van der Waals surface area contributed by atoms with Crippen LogP contribution in [0, 0.1) is 0 Å². The molecule has 0 aromatic heterocycles. The molecule has 0 unspecified atom stereocenters. The average molecular weight is 347 g/mol. The van der Waals surface area contributed by atoms with E-state index in [4.69, 9.17) is 9.47 Å². The molecule has 1 atom stereocenters. The van der Waals surface area contributed by atoms with Gasteiger partial charge in [-0.3, -0.25) is 14.9 Å². The molecule has 2 aliphatic rings. The molecule has 0 spiro atoms. The molecule has 1 saturated heterocycles. The van der Waals surface area contributed by atoms with Gasteiger partial charge < -0.3 is 19.7 Å². The van der Waals surface area contributed by atoms with Crippen LogP contribution in [0.4, 0.5) is 4.79 Å². The van der Waals surface area contributed by atoms with Crippen molar-refractivity contribution in [3.05, 3.63) is 23.3 Å². The van der Waals surface area contributed by atoms with E-state index in [-0.39, 0.29) is 18.2 Å². The van der Waals surface area contributed by atoms with Gasteiger partial charge in [0.25, 0.3) is 0 Å². The minimum absolute atomic E-state index is 0.143. The van der Waals surface area contributed by atoms with Crippen molar-refractivity contribution in [2.75, 3.05) is 20.8 Å². The minimum atomic E-state index is -0.687. The van der Waals surface area contributed by atoms with Crippen LogP contribution >= 0.6 is 0 Å². The topological polar surface area (TPSA) is 97.0 Å². The molecular weight excluding hydrogens is 326 g/mol. The number of amides is 4. The highest BCUT2D eigenvalue weighted by Crippen LogP contribution is 2.33. The molecule has 4 amide bonds. The summed E-state index contributed by atoms with van der Waals surface area (Å²) in [5, 5.41) is 4.75. The Morgan fingerprint density at radius 2 is 1.80 bits per heavy atom. The number of nitrogens with one attached hydrogen (secondary N) is 2. The van der Waals surface area contributed by atoms with Crippen LogP contribution in [-0.4, -0.2) is 49.6 Å². The maximum atomic E-state index is 12.8. The van der Waals surface area contributed by atoms with Crippen LogP contribution in [0.3, 0.4) is 0 Å². The number of fused-ring (bicyclic) bond motifs is 1. The third-order valence-electron chi connectivity index (χ3n) is 4.55. The van der Waals surface area contributed by atoms with Crippen molar-refractivity contribution < 1.29 is 23.9 Å². The first-order chi connectivity index (χ1) is 12.0. The van der Waals surface area contributed by atoms with Crippen molar-refractivity contribution in [2.45, 2.75) is 31.8 Å². The summed E-state index contributed by atoms with van der Waals surface area (Å²) in [6.45, 7) is 0.983. The molecule has 2 N–H and O–H groups in total. The summed E-state index contributed by atoms with van der Waals surface area (Å²) >= 11 is 0. The van der Waals surface area contributed by atoms with E-state index in [1.54, 1.807) is 19.1 Å². The van der Waals surface area contributed by atoms with E-state index in [1.165, 1.54) is 0 Å². The van der Waals surface area contributed by atoms with Gasteiger partial charge in [0, 0.05) is 19.5 Å². The third-order valence-corrected chi connectivity index (χ3v) is 4.55. The fourth-order valence-corrected chi connectivity index (χ4v) is 3.21. The number of benzene rings is 1. The number of urea groups is 1. The lowest BCUT2D eigenvalue weighted by atomic mass is 9.97. The lowest BCUT2D eigenvalue weighted by molar-refractivity contribution is -0.134. The van der Waals surface area contributed by atoms with Crippen LogP contribution in [0.15, 0.2) is 12.1 Å². The Hall–Kier alpha value is -2.77. The maximum absolute atomic E-state index is 12.8. The number of nitrogens with zero attached hydrogens (tertiary/aromatic N) is 1. The van der Waals surface area contributed by atoms with Crippen molar-refractivity contribution in [3.8, 4) is 11.5 Å². The Morgan fingerprint density at radius 1 is 1.12 bits per heavy atom. The summed E-state index contributed by atoms with van der Waals surface area (Å²) in [6, 6.07) is 2.51. The summed E-state index contributed by atoms with van der Waals surface area (Å²) in [4.78, 5) is 37.5. The molecule has 2 aliphatic heterocycles. The van der Waals surface area contributed by atoms with Crippen molar-refractivity contribution >= 4 is 17.8 Å². The van der Waals surface area contributed by atoms with Gasteiger partial charge >= 0.3 is 6.03 Å². The van der Waals surface area contributed by atoms with E-state index in [2.05, 4.69) is 10.6 Å². The molecule has 0 aliphatic carbocycles. The molecule has 8 nitrogen and oxygen atoms in total. The zero-order valence-corrected chi connectivity index (χ0v) is 14.3. The molecule has 2 heterocycles. The normalized spacial score (nSPS) is 20.1. The number of carbonyl (C=O) groups is 3. The minimum Gasteiger partial charge on any atom is -0.493 e. The Morgan fingerprint density at radius 3 is 2.48 bits per heavy atom. The van der Waals surface area contributed by atoms with Gasteiger partial charge in [0.1, 0.15) is 6.04 Å². The van der Waals surface area contributed by atoms with Gasteiger partial charge in [0.15, 0.2) is 11.5 Å². The van der Waals surface area contributed by atoms with E-state index < -0.39 is 12.1 Å². The number of imide groups is 1. The predicted octanol–water partition coefficient (Wildman–Crippen LogP) is 0.577. The summed E-state index contributed by atoms with van der Waals surface area (Å²) < 4.78 is 10.6. The Labute approximate surface area is 145 Å². The second kappa shape index (κ2) is 7.00. The summed E-state index contributed by atoms with van der Waals surface area (Å²) in [5.74, 6) is 0.744. The highest BCUT2D eigenvalue weighted by atomic mass is 16.5. The number of ether oxygens (including phenoxy) is 2.